The maximum atomic E-state index is 13.5. The summed E-state index contributed by atoms with van der Waals surface area (Å²) in [6.07, 6.45) is -0.385. The van der Waals surface area contributed by atoms with E-state index in [0.717, 1.165) is 11.3 Å². The Morgan fingerprint density at radius 2 is 1.88 bits per heavy atom. The highest BCUT2D eigenvalue weighted by Gasteiger charge is 2.41. The number of amides is 3. The normalized spacial score (nSPS) is 22.4. The third-order valence-corrected chi connectivity index (χ3v) is 6.58. The fourth-order valence-electron chi connectivity index (χ4n) is 4.68. The van der Waals surface area contributed by atoms with Crippen molar-refractivity contribution in [3.63, 3.8) is 0 Å². The molecule has 0 saturated carbocycles. The van der Waals surface area contributed by atoms with Crippen LogP contribution in [0.15, 0.2) is 18.2 Å². The van der Waals surface area contributed by atoms with Crippen LogP contribution in [0.2, 0.25) is 5.02 Å². The van der Waals surface area contributed by atoms with Crippen LogP contribution in [0.3, 0.4) is 0 Å². The molecule has 1 saturated heterocycles. The molecule has 9 heteroatoms. The summed E-state index contributed by atoms with van der Waals surface area (Å²) in [6, 6.07) is 5.34. The number of carbonyl (C=O) groups is 3. The van der Waals surface area contributed by atoms with Gasteiger partial charge in [-0.2, -0.15) is 0 Å². The Labute approximate surface area is 207 Å². The van der Waals surface area contributed by atoms with Crippen molar-refractivity contribution in [3.8, 4) is 0 Å². The highest BCUT2D eigenvalue weighted by molar-refractivity contribution is 6.31. The molecule has 3 amide bonds. The first-order valence-electron chi connectivity index (χ1n) is 11.8. The third kappa shape index (κ3) is 6.02. The number of rotatable bonds is 4. The lowest BCUT2D eigenvalue weighted by molar-refractivity contribution is -0.121. The SMILES string of the molecule is CC(=O)NC[C@H]1CN(C(=O)OC(C)(C)C)[C@H](C)CN1CC(=O)N1CC(C)(C)c2ccc(Cl)cc21. The molecule has 0 bridgehead atoms. The number of carbonyl (C=O) groups excluding carboxylic acids is 3. The van der Waals surface area contributed by atoms with Crippen LogP contribution < -0.4 is 10.2 Å². The van der Waals surface area contributed by atoms with Crippen LogP contribution in [0.25, 0.3) is 0 Å². The van der Waals surface area contributed by atoms with Crippen LogP contribution in [0, 0.1) is 0 Å². The highest BCUT2D eigenvalue weighted by Crippen LogP contribution is 2.41. The molecule has 1 aromatic carbocycles. The second-order valence-corrected chi connectivity index (χ2v) is 11.5. The molecule has 2 aliphatic rings. The minimum absolute atomic E-state index is 0.0279. The molecule has 1 N–H and O–H groups in total. The number of nitrogens with zero attached hydrogens (tertiary/aromatic N) is 3. The van der Waals surface area contributed by atoms with Gasteiger partial charge in [0, 0.05) is 61.3 Å². The number of benzene rings is 1. The smallest absolute Gasteiger partial charge is 0.410 e. The van der Waals surface area contributed by atoms with Gasteiger partial charge in [-0.05, 0) is 45.4 Å². The van der Waals surface area contributed by atoms with Gasteiger partial charge >= 0.3 is 6.09 Å². The predicted molar refractivity (Wildman–Crippen MR) is 133 cm³/mol. The van der Waals surface area contributed by atoms with E-state index in [1.165, 1.54) is 6.92 Å². The summed E-state index contributed by atoms with van der Waals surface area (Å²) in [7, 11) is 0. The van der Waals surface area contributed by atoms with E-state index in [-0.39, 0.29) is 42.0 Å². The number of hydrogen-bond acceptors (Lipinski definition) is 5. The summed E-state index contributed by atoms with van der Waals surface area (Å²) in [4.78, 5) is 43.5. The lowest BCUT2D eigenvalue weighted by atomic mass is 9.87. The van der Waals surface area contributed by atoms with Gasteiger partial charge in [-0.3, -0.25) is 14.5 Å². The van der Waals surface area contributed by atoms with Crippen LogP contribution in [0.5, 0.6) is 0 Å². The van der Waals surface area contributed by atoms with Crippen molar-refractivity contribution in [2.24, 2.45) is 0 Å². The van der Waals surface area contributed by atoms with Gasteiger partial charge in [0.1, 0.15) is 5.60 Å². The summed E-state index contributed by atoms with van der Waals surface area (Å²) >= 11 is 6.25. The van der Waals surface area contributed by atoms with E-state index in [0.29, 0.717) is 31.2 Å². The van der Waals surface area contributed by atoms with Gasteiger partial charge < -0.3 is 19.9 Å². The van der Waals surface area contributed by atoms with E-state index < -0.39 is 5.60 Å². The van der Waals surface area contributed by atoms with Crippen molar-refractivity contribution in [2.45, 2.75) is 71.6 Å². The summed E-state index contributed by atoms with van der Waals surface area (Å²) < 4.78 is 5.59. The summed E-state index contributed by atoms with van der Waals surface area (Å²) in [5.41, 5.74) is 1.17. The zero-order valence-electron chi connectivity index (χ0n) is 21.3. The molecule has 188 valence electrons. The van der Waals surface area contributed by atoms with Crippen molar-refractivity contribution in [1.82, 2.24) is 15.1 Å². The Morgan fingerprint density at radius 3 is 2.50 bits per heavy atom. The lowest BCUT2D eigenvalue weighted by Crippen LogP contribution is -2.63. The molecule has 0 spiro atoms. The van der Waals surface area contributed by atoms with Crippen LogP contribution >= 0.6 is 11.6 Å². The van der Waals surface area contributed by atoms with Crippen molar-refractivity contribution >= 4 is 35.2 Å². The molecule has 0 radical (unpaired) electrons. The standard InChI is InChI=1S/C25H37ClN4O4/c1-16-12-28(19(11-27-17(2)31)13-29(16)23(33)34-24(3,4)5)14-22(32)30-15-25(6,7)20-9-8-18(26)10-21(20)30/h8-10,16,19H,11-15H2,1-7H3,(H,27,31)/t16-,19+/m1/s1. The van der Waals surface area contributed by atoms with Gasteiger partial charge in [0.05, 0.1) is 6.54 Å². The van der Waals surface area contributed by atoms with E-state index in [9.17, 15) is 14.4 Å². The molecule has 1 fully saturated rings. The second-order valence-electron chi connectivity index (χ2n) is 11.0. The molecule has 34 heavy (non-hydrogen) atoms. The van der Waals surface area contributed by atoms with Crippen LogP contribution in [-0.4, -0.2) is 78.1 Å². The average molecular weight is 493 g/mol. The fourth-order valence-corrected chi connectivity index (χ4v) is 4.85. The van der Waals surface area contributed by atoms with Gasteiger partial charge in [-0.15, -0.1) is 0 Å². The van der Waals surface area contributed by atoms with E-state index in [1.807, 2.05) is 50.8 Å². The monoisotopic (exact) mass is 492 g/mol. The van der Waals surface area contributed by atoms with E-state index in [2.05, 4.69) is 24.1 Å². The van der Waals surface area contributed by atoms with E-state index in [4.69, 9.17) is 16.3 Å². The number of fused-ring (bicyclic) bond motifs is 1. The highest BCUT2D eigenvalue weighted by atomic mass is 35.5. The Hall–Kier alpha value is -2.32. The molecule has 8 nitrogen and oxygen atoms in total. The maximum absolute atomic E-state index is 13.5. The zero-order valence-corrected chi connectivity index (χ0v) is 22.0. The van der Waals surface area contributed by atoms with E-state index in [1.54, 1.807) is 4.90 Å². The largest absolute Gasteiger partial charge is 0.444 e. The molecule has 2 atom stereocenters. The number of hydrogen-bond donors (Lipinski definition) is 1. The molecular formula is C25H37ClN4O4. The molecule has 3 rings (SSSR count). The van der Waals surface area contributed by atoms with Gasteiger partial charge in [0.25, 0.3) is 0 Å². The number of anilines is 1. The predicted octanol–water partition coefficient (Wildman–Crippen LogP) is 3.41. The molecular weight excluding hydrogens is 456 g/mol. The van der Waals surface area contributed by atoms with Crippen LogP contribution in [-0.2, 0) is 19.7 Å². The zero-order chi connectivity index (χ0) is 25.4. The molecule has 2 heterocycles. The van der Waals surface area contributed by atoms with Gasteiger partial charge in [0.2, 0.25) is 11.8 Å². The lowest BCUT2D eigenvalue weighted by Gasteiger charge is -2.45. The molecule has 0 aromatic heterocycles. The number of ether oxygens (including phenoxy) is 1. The van der Waals surface area contributed by atoms with Gasteiger partial charge in [-0.25, -0.2) is 4.79 Å². The van der Waals surface area contributed by atoms with Crippen molar-refractivity contribution in [3.05, 3.63) is 28.8 Å². The number of piperazine rings is 1. The van der Waals surface area contributed by atoms with Crippen LogP contribution in [0.4, 0.5) is 10.5 Å². The summed E-state index contributed by atoms with van der Waals surface area (Å²) in [5, 5.41) is 3.44. The number of nitrogens with one attached hydrogen (secondary N) is 1. The molecule has 0 unspecified atom stereocenters. The minimum Gasteiger partial charge on any atom is -0.444 e. The molecule has 0 aliphatic carbocycles. The first kappa shape index (κ1) is 26.3. The summed E-state index contributed by atoms with van der Waals surface area (Å²) in [6.45, 7) is 15.1. The van der Waals surface area contributed by atoms with Gasteiger partial charge in [-0.1, -0.05) is 31.5 Å². The van der Waals surface area contributed by atoms with Crippen LogP contribution in [0.1, 0.15) is 54.0 Å². The molecule has 1 aromatic rings. The minimum atomic E-state index is -0.603. The Kier molecular flexibility index (Phi) is 7.53. The topological polar surface area (TPSA) is 82.2 Å². The summed E-state index contributed by atoms with van der Waals surface area (Å²) in [5.74, 6) is -0.182. The second kappa shape index (κ2) is 9.74. The van der Waals surface area contributed by atoms with E-state index >= 15 is 0 Å². The fraction of sp³-hybridized carbons (Fsp3) is 0.640. The first-order valence-corrected chi connectivity index (χ1v) is 12.1. The van der Waals surface area contributed by atoms with Crippen molar-refractivity contribution < 1.29 is 19.1 Å². The Balaban J connectivity index is 1.78. The van der Waals surface area contributed by atoms with Crippen molar-refractivity contribution in [1.29, 1.82) is 0 Å². The maximum Gasteiger partial charge on any atom is 0.410 e. The van der Waals surface area contributed by atoms with Gasteiger partial charge in [0.15, 0.2) is 0 Å². The quantitative estimate of drug-likeness (QED) is 0.696. The average Bonchev–Trinajstić information content (AvgIpc) is 2.96. The third-order valence-electron chi connectivity index (χ3n) is 6.34. The first-order chi connectivity index (χ1) is 15.7. The molecule has 2 aliphatic heterocycles. The van der Waals surface area contributed by atoms with Crippen molar-refractivity contribution in [2.75, 3.05) is 37.6 Å². The number of halogens is 1. The Morgan fingerprint density at radius 1 is 1.21 bits per heavy atom. The Bertz CT molecular complexity index is 959.